The zero-order valence-electron chi connectivity index (χ0n) is 21.2. The maximum atomic E-state index is 2.55. The van der Waals surface area contributed by atoms with Crippen molar-refractivity contribution in [2.75, 3.05) is 0 Å². The van der Waals surface area contributed by atoms with Crippen molar-refractivity contribution in [3.8, 4) is 0 Å². The van der Waals surface area contributed by atoms with Gasteiger partial charge in [0.05, 0.1) is 32.3 Å². The molecule has 0 amide bonds. The van der Waals surface area contributed by atoms with E-state index in [4.69, 9.17) is 0 Å². The van der Waals surface area contributed by atoms with Gasteiger partial charge in [0.25, 0.3) is 0 Å². The number of rotatable bonds is 6. The lowest BCUT2D eigenvalue weighted by Gasteiger charge is -2.26. The Morgan fingerprint density at radius 2 is 0.586 bits per heavy atom. The molecule has 0 aliphatic carbocycles. The van der Waals surface area contributed by atoms with Crippen LogP contribution < -0.4 is 20.7 Å². The molecular formula is C25H44Si4. The van der Waals surface area contributed by atoms with Gasteiger partial charge in [0.15, 0.2) is 0 Å². The van der Waals surface area contributed by atoms with Crippen molar-refractivity contribution in [3.63, 3.8) is 0 Å². The molecule has 0 radical (unpaired) electrons. The maximum Gasteiger partial charge on any atom is 0.0775 e. The molecule has 0 aliphatic heterocycles. The van der Waals surface area contributed by atoms with Crippen LogP contribution in [0, 0.1) is 0 Å². The summed E-state index contributed by atoms with van der Waals surface area (Å²) in [6, 6.07) is 15.2. The van der Waals surface area contributed by atoms with E-state index < -0.39 is 32.3 Å². The van der Waals surface area contributed by atoms with Gasteiger partial charge in [-0.05, 0) is 17.5 Å². The third-order valence-electron chi connectivity index (χ3n) is 5.86. The van der Waals surface area contributed by atoms with Gasteiger partial charge < -0.3 is 0 Å². The molecule has 0 fully saturated rings. The monoisotopic (exact) mass is 456 g/mol. The van der Waals surface area contributed by atoms with E-state index in [-0.39, 0.29) is 0 Å². The van der Waals surface area contributed by atoms with Gasteiger partial charge in [0.1, 0.15) is 0 Å². The van der Waals surface area contributed by atoms with E-state index in [1.54, 1.807) is 20.7 Å². The fourth-order valence-electron chi connectivity index (χ4n) is 3.56. The highest BCUT2D eigenvalue weighted by Gasteiger charge is 2.25. The second-order valence-electron chi connectivity index (χ2n) is 13.0. The molecule has 0 bridgehead atoms. The van der Waals surface area contributed by atoms with Gasteiger partial charge in [0, 0.05) is 0 Å². The van der Waals surface area contributed by atoms with Crippen molar-refractivity contribution in [1.82, 2.24) is 0 Å². The van der Waals surface area contributed by atoms with E-state index in [0.29, 0.717) is 0 Å². The molecule has 0 atom stereocenters. The molecule has 0 saturated carbocycles. The number of benzene rings is 2. The van der Waals surface area contributed by atoms with Crippen LogP contribution in [0.1, 0.15) is 11.1 Å². The van der Waals surface area contributed by atoms with E-state index in [1.165, 1.54) is 11.1 Å². The molecule has 0 heterocycles. The first-order chi connectivity index (χ1) is 12.9. The van der Waals surface area contributed by atoms with Crippen molar-refractivity contribution >= 4 is 53.0 Å². The number of hydrogen-bond acceptors (Lipinski definition) is 0. The van der Waals surface area contributed by atoms with Crippen LogP contribution in [0.5, 0.6) is 0 Å². The van der Waals surface area contributed by atoms with Crippen LogP contribution in [0.25, 0.3) is 0 Å². The van der Waals surface area contributed by atoms with E-state index >= 15 is 0 Å². The van der Waals surface area contributed by atoms with E-state index in [1.807, 2.05) is 0 Å². The Kier molecular flexibility index (Phi) is 6.86. The average molecular weight is 457 g/mol. The minimum absolute atomic E-state index is 1.07. The molecule has 0 unspecified atom stereocenters. The van der Waals surface area contributed by atoms with Crippen LogP contribution in [0.15, 0.2) is 36.4 Å². The number of hydrogen-bond donors (Lipinski definition) is 0. The SMILES string of the molecule is C[Si](C)(C)c1cc(Cc2cc([Si](C)(C)C)cc([Si](C)(C)C)c2)cc([Si](C)(C)C)c1. The predicted octanol–water partition coefficient (Wildman–Crippen LogP) is 5.46. The van der Waals surface area contributed by atoms with E-state index in [2.05, 4.69) is 115 Å². The third-order valence-corrected chi connectivity index (χ3v) is 13.9. The summed E-state index contributed by atoms with van der Waals surface area (Å²) >= 11 is 0. The zero-order valence-corrected chi connectivity index (χ0v) is 25.2. The average Bonchev–Trinajstić information content (AvgIpc) is 2.51. The molecule has 0 N–H and O–H groups in total. The smallest absolute Gasteiger partial charge is 0.0656 e. The van der Waals surface area contributed by atoms with Crippen LogP contribution in [0.4, 0.5) is 0 Å². The Morgan fingerprint density at radius 3 is 0.759 bits per heavy atom. The van der Waals surface area contributed by atoms with Crippen LogP contribution in [0.2, 0.25) is 78.6 Å². The summed E-state index contributed by atoms with van der Waals surface area (Å²) in [4.78, 5) is 0. The van der Waals surface area contributed by atoms with Gasteiger partial charge in [-0.1, -0.05) is 136 Å². The lowest BCUT2D eigenvalue weighted by Crippen LogP contribution is -2.46. The Morgan fingerprint density at radius 1 is 0.379 bits per heavy atom. The maximum absolute atomic E-state index is 2.55. The quantitative estimate of drug-likeness (QED) is 0.506. The van der Waals surface area contributed by atoms with Gasteiger partial charge in [-0.2, -0.15) is 0 Å². The predicted molar refractivity (Wildman–Crippen MR) is 148 cm³/mol. The van der Waals surface area contributed by atoms with Crippen molar-refractivity contribution in [1.29, 1.82) is 0 Å². The molecule has 0 spiro atoms. The van der Waals surface area contributed by atoms with E-state index in [0.717, 1.165) is 6.42 Å². The van der Waals surface area contributed by atoms with Gasteiger partial charge in [0.2, 0.25) is 0 Å². The van der Waals surface area contributed by atoms with Crippen LogP contribution in [-0.2, 0) is 6.42 Å². The Hall–Kier alpha value is -0.692. The summed E-state index contributed by atoms with van der Waals surface area (Å²) in [5, 5.41) is 6.50. The molecule has 0 aromatic heterocycles. The van der Waals surface area contributed by atoms with Crippen LogP contribution in [0.3, 0.4) is 0 Å². The van der Waals surface area contributed by atoms with Crippen molar-refractivity contribution in [3.05, 3.63) is 47.5 Å². The summed E-state index contributed by atoms with van der Waals surface area (Å²) in [5.41, 5.74) is 3.05. The summed E-state index contributed by atoms with van der Waals surface area (Å²) in [7, 11) is -5.35. The standard InChI is InChI=1S/C25H44Si4/c1-26(2,3)22-14-20(15-23(18-22)27(4,5)6)13-21-16-24(28(7,8)9)19-25(17-21)29(10,11)12/h14-19H,13H2,1-12H3. The molecule has 0 aliphatic rings. The lowest BCUT2D eigenvalue weighted by molar-refractivity contribution is 1.20. The molecule has 2 rings (SSSR count). The molecule has 2 aromatic carbocycles. The van der Waals surface area contributed by atoms with Gasteiger partial charge in [-0.3, -0.25) is 0 Å². The first kappa shape index (κ1) is 24.6. The molecule has 2 aromatic rings. The molecular weight excluding hydrogens is 413 g/mol. The zero-order chi connectivity index (χ0) is 22.4. The third kappa shape index (κ3) is 6.64. The summed E-state index contributed by atoms with van der Waals surface area (Å²) in [6.07, 6.45) is 1.07. The molecule has 0 nitrogen and oxygen atoms in total. The first-order valence-electron chi connectivity index (χ1n) is 11.2. The molecule has 160 valence electrons. The van der Waals surface area contributed by atoms with Crippen LogP contribution >= 0.6 is 0 Å². The largest absolute Gasteiger partial charge is 0.0775 e. The topological polar surface area (TPSA) is 0 Å². The Labute approximate surface area is 185 Å². The summed E-state index contributed by atoms with van der Waals surface area (Å²) in [6.45, 7) is 29.8. The van der Waals surface area contributed by atoms with Crippen molar-refractivity contribution in [2.45, 2.75) is 85.0 Å². The molecule has 4 heteroatoms. The fraction of sp³-hybridized carbons (Fsp3) is 0.520. The lowest BCUT2D eigenvalue weighted by atomic mass is 10.1. The Balaban J connectivity index is 2.61. The normalized spacial score (nSPS) is 13.7. The van der Waals surface area contributed by atoms with Crippen molar-refractivity contribution < 1.29 is 0 Å². The fourth-order valence-corrected chi connectivity index (χ4v) is 8.67. The van der Waals surface area contributed by atoms with Crippen molar-refractivity contribution in [2.24, 2.45) is 0 Å². The molecule has 29 heavy (non-hydrogen) atoms. The first-order valence-corrected chi connectivity index (χ1v) is 25.2. The minimum atomic E-state index is -1.34. The minimum Gasteiger partial charge on any atom is -0.0656 e. The van der Waals surface area contributed by atoms with Gasteiger partial charge >= 0.3 is 0 Å². The van der Waals surface area contributed by atoms with Crippen LogP contribution in [-0.4, -0.2) is 32.3 Å². The Bertz CT molecular complexity index is 732. The van der Waals surface area contributed by atoms with Gasteiger partial charge in [-0.15, -0.1) is 0 Å². The second kappa shape index (κ2) is 8.10. The highest BCUT2D eigenvalue weighted by molar-refractivity contribution is 6.92. The highest BCUT2D eigenvalue weighted by atomic mass is 28.3. The highest BCUT2D eigenvalue weighted by Crippen LogP contribution is 2.15. The van der Waals surface area contributed by atoms with Gasteiger partial charge in [-0.25, -0.2) is 0 Å². The summed E-state index contributed by atoms with van der Waals surface area (Å²) in [5.74, 6) is 0. The second-order valence-corrected chi connectivity index (χ2v) is 33.3. The molecule has 0 saturated heterocycles. The van der Waals surface area contributed by atoms with E-state index in [9.17, 15) is 0 Å². The summed E-state index contributed by atoms with van der Waals surface area (Å²) < 4.78 is 0.